The van der Waals surface area contributed by atoms with Crippen molar-refractivity contribution in [3.8, 4) is 5.75 Å². The van der Waals surface area contributed by atoms with Gasteiger partial charge in [-0.05, 0) is 30.7 Å². The molecule has 0 aliphatic carbocycles. The Morgan fingerprint density at radius 3 is 2.60 bits per heavy atom. The van der Waals surface area contributed by atoms with Gasteiger partial charge in [0, 0.05) is 10.9 Å². The fourth-order valence-electron chi connectivity index (χ4n) is 2.61. The Morgan fingerprint density at radius 2 is 1.90 bits per heavy atom. The Kier molecular flexibility index (Phi) is 2.86. The van der Waals surface area contributed by atoms with E-state index in [0.29, 0.717) is 5.56 Å². The molecule has 0 aliphatic heterocycles. The normalized spacial score (nSPS) is 10.9. The maximum absolute atomic E-state index is 12.0. The first-order valence-electron chi connectivity index (χ1n) is 6.33. The zero-order valence-corrected chi connectivity index (χ0v) is 11.6. The van der Waals surface area contributed by atoms with Crippen molar-refractivity contribution < 1.29 is 14.3 Å². The van der Waals surface area contributed by atoms with Crippen LogP contribution in [0.4, 0.5) is 0 Å². The lowest BCUT2D eigenvalue weighted by atomic mass is 10.0. The summed E-state index contributed by atoms with van der Waals surface area (Å²) in [5.74, 6) is 0.397. The van der Waals surface area contributed by atoms with Crippen LogP contribution < -0.4 is 4.74 Å². The van der Waals surface area contributed by atoms with Crippen LogP contribution in [0.25, 0.3) is 21.8 Å². The highest BCUT2D eigenvalue weighted by molar-refractivity contribution is 6.19. The number of ether oxygens (including phenoxy) is 2. The van der Waals surface area contributed by atoms with Crippen molar-refractivity contribution in [2.45, 2.75) is 6.92 Å². The summed E-state index contributed by atoms with van der Waals surface area (Å²) in [5.41, 5.74) is 3.53. The monoisotopic (exact) mass is 269 g/mol. The van der Waals surface area contributed by atoms with Crippen molar-refractivity contribution in [2.24, 2.45) is 0 Å². The lowest BCUT2D eigenvalue weighted by molar-refractivity contribution is 0.0603. The minimum atomic E-state index is -0.347. The van der Waals surface area contributed by atoms with E-state index >= 15 is 0 Å². The quantitative estimate of drug-likeness (QED) is 0.725. The number of carbonyl (C=O) groups excluding carboxylic acids is 1. The molecule has 20 heavy (non-hydrogen) atoms. The third-order valence-electron chi connectivity index (χ3n) is 3.57. The summed E-state index contributed by atoms with van der Waals surface area (Å²) in [6.07, 6.45) is 0. The number of H-pyrrole nitrogens is 1. The van der Waals surface area contributed by atoms with Gasteiger partial charge in [-0.25, -0.2) is 4.79 Å². The smallest absolute Gasteiger partial charge is 0.338 e. The Balaban J connectivity index is 2.53. The first-order chi connectivity index (χ1) is 9.67. The van der Waals surface area contributed by atoms with Gasteiger partial charge >= 0.3 is 5.97 Å². The molecule has 3 rings (SSSR count). The average Bonchev–Trinajstić information content (AvgIpc) is 2.87. The lowest BCUT2D eigenvalue weighted by Crippen LogP contribution is -2.01. The number of aromatic nitrogens is 1. The van der Waals surface area contributed by atoms with E-state index in [1.807, 2.05) is 31.2 Å². The van der Waals surface area contributed by atoms with Crippen molar-refractivity contribution in [1.82, 2.24) is 4.98 Å². The van der Waals surface area contributed by atoms with Gasteiger partial charge in [0.05, 0.1) is 30.7 Å². The predicted octanol–water partition coefficient (Wildman–Crippen LogP) is 3.42. The number of methoxy groups -OCH3 is 2. The number of benzene rings is 2. The molecule has 0 saturated carbocycles. The first-order valence-corrected chi connectivity index (χ1v) is 6.33. The SMILES string of the molecule is COC(=O)c1cccc2[nH]c3c(C)ccc(OC)c3c12. The van der Waals surface area contributed by atoms with Crippen molar-refractivity contribution in [3.63, 3.8) is 0 Å². The molecule has 0 spiro atoms. The second kappa shape index (κ2) is 4.56. The molecule has 0 bridgehead atoms. The summed E-state index contributed by atoms with van der Waals surface area (Å²) >= 11 is 0. The van der Waals surface area contributed by atoms with Gasteiger partial charge in [-0.3, -0.25) is 0 Å². The van der Waals surface area contributed by atoms with E-state index in [2.05, 4.69) is 4.98 Å². The van der Waals surface area contributed by atoms with E-state index in [1.165, 1.54) is 7.11 Å². The van der Waals surface area contributed by atoms with E-state index in [1.54, 1.807) is 13.2 Å². The second-order valence-electron chi connectivity index (χ2n) is 4.68. The number of carbonyl (C=O) groups is 1. The number of fused-ring (bicyclic) bond motifs is 3. The molecule has 0 amide bonds. The molecule has 0 aliphatic rings. The largest absolute Gasteiger partial charge is 0.496 e. The molecule has 1 heterocycles. The average molecular weight is 269 g/mol. The highest BCUT2D eigenvalue weighted by atomic mass is 16.5. The highest BCUT2D eigenvalue weighted by Crippen LogP contribution is 2.36. The molecular weight excluding hydrogens is 254 g/mol. The Hall–Kier alpha value is -2.49. The van der Waals surface area contributed by atoms with Crippen molar-refractivity contribution in [1.29, 1.82) is 0 Å². The summed E-state index contributed by atoms with van der Waals surface area (Å²) in [6.45, 7) is 2.02. The lowest BCUT2D eigenvalue weighted by Gasteiger charge is -2.06. The third-order valence-corrected chi connectivity index (χ3v) is 3.57. The Labute approximate surface area is 116 Å². The maximum atomic E-state index is 12.0. The molecule has 0 saturated heterocycles. The molecule has 4 heteroatoms. The predicted molar refractivity (Wildman–Crippen MR) is 78.4 cm³/mol. The molecule has 3 aromatic rings. The maximum Gasteiger partial charge on any atom is 0.338 e. The summed E-state index contributed by atoms with van der Waals surface area (Å²) < 4.78 is 10.3. The zero-order valence-electron chi connectivity index (χ0n) is 11.6. The zero-order chi connectivity index (χ0) is 14.3. The number of nitrogens with one attached hydrogen (secondary N) is 1. The van der Waals surface area contributed by atoms with Gasteiger partial charge < -0.3 is 14.5 Å². The van der Waals surface area contributed by atoms with Crippen LogP contribution in [-0.4, -0.2) is 25.2 Å². The van der Waals surface area contributed by atoms with Crippen molar-refractivity contribution >= 4 is 27.8 Å². The van der Waals surface area contributed by atoms with E-state index in [-0.39, 0.29) is 5.97 Å². The van der Waals surface area contributed by atoms with Gasteiger partial charge in [0.2, 0.25) is 0 Å². The molecule has 0 atom stereocenters. The van der Waals surface area contributed by atoms with E-state index in [9.17, 15) is 4.79 Å². The van der Waals surface area contributed by atoms with Gasteiger partial charge in [0.25, 0.3) is 0 Å². The minimum Gasteiger partial charge on any atom is -0.496 e. The molecule has 0 fully saturated rings. The van der Waals surface area contributed by atoms with Gasteiger partial charge in [0.15, 0.2) is 0 Å². The standard InChI is InChI=1S/C16H15NO3/c1-9-7-8-12(19-2)14-13-10(16(18)20-3)5-4-6-11(13)17-15(9)14/h4-8,17H,1-3H3. The van der Waals surface area contributed by atoms with Crippen LogP contribution in [-0.2, 0) is 4.74 Å². The van der Waals surface area contributed by atoms with Crippen LogP contribution in [0.2, 0.25) is 0 Å². The molecule has 2 aromatic carbocycles. The van der Waals surface area contributed by atoms with Crippen LogP contribution in [0.3, 0.4) is 0 Å². The number of esters is 1. The van der Waals surface area contributed by atoms with Crippen LogP contribution in [0.5, 0.6) is 5.75 Å². The van der Waals surface area contributed by atoms with Crippen LogP contribution in [0.15, 0.2) is 30.3 Å². The van der Waals surface area contributed by atoms with Crippen LogP contribution >= 0.6 is 0 Å². The summed E-state index contributed by atoms with van der Waals surface area (Å²) in [6, 6.07) is 9.46. The number of hydrogen-bond donors (Lipinski definition) is 1. The van der Waals surface area contributed by atoms with E-state index in [4.69, 9.17) is 9.47 Å². The van der Waals surface area contributed by atoms with Gasteiger partial charge in [0.1, 0.15) is 5.75 Å². The second-order valence-corrected chi connectivity index (χ2v) is 4.68. The number of rotatable bonds is 2. The fourth-order valence-corrected chi connectivity index (χ4v) is 2.61. The molecule has 0 radical (unpaired) electrons. The fraction of sp³-hybridized carbons (Fsp3) is 0.188. The molecule has 4 nitrogen and oxygen atoms in total. The van der Waals surface area contributed by atoms with Crippen LogP contribution in [0.1, 0.15) is 15.9 Å². The molecule has 1 aromatic heterocycles. The van der Waals surface area contributed by atoms with Crippen molar-refractivity contribution in [2.75, 3.05) is 14.2 Å². The Morgan fingerprint density at radius 1 is 1.10 bits per heavy atom. The molecular formula is C16H15NO3. The summed E-state index contributed by atoms with van der Waals surface area (Å²) in [7, 11) is 3.02. The Bertz CT molecular complexity index is 817. The van der Waals surface area contributed by atoms with Crippen molar-refractivity contribution in [3.05, 3.63) is 41.5 Å². The summed E-state index contributed by atoms with van der Waals surface area (Å²) in [5, 5.41) is 1.76. The summed E-state index contributed by atoms with van der Waals surface area (Å²) in [4.78, 5) is 15.3. The highest BCUT2D eigenvalue weighted by Gasteiger charge is 2.18. The number of hydrogen-bond acceptors (Lipinski definition) is 3. The third kappa shape index (κ3) is 1.65. The molecule has 102 valence electrons. The molecule has 1 N–H and O–H groups in total. The van der Waals surface area contributed by atoms with Gasteiger partial charge in [-0.1, -0.05) is 12.1 Å². The first kappa shape index (κ1) is 12.5. The van der Waals surface area contributed by atoms with Crippen LogP contribution in [0, 0.1) is 6.92 Å². The van der Waals surface area contributed by atoms with Gasteiger partial charge in [-0.2, -0.15) is 0 Å². The van der Waals surface area contributed by atoms with Gasteiger partial charge in [-0.15, -0.1) is 0 Å². The number of aromatic amines is 1. The molecule has 0 unspecified atom stereocenters. The minimum absolute atomic E-state index is 0.347. The topological polar surface area (TPSA) is 51.3 Å². The van der Waals surface area contributed by atoms with E-state index < -0.39 is 0 Å². The van der Waals surface area contributed by atoms with E-state index in [0.717, 1.165) is 33.1 Å². The number of aryl methyl sites for hydroxylation is 1.